The fourth-order valence-corrected chi connectivity index (χ4v) is 3.04. The van der Waals surface area contributed by atoms with Gasteiger partial charge >= 0.3 is 0 Å². The molecule has 0 spiro atoms. The topological polar surface area (TPSA) is 111 Å². The summed E-state index contributed by atoms with van der Waals surface area (Å²) in [5.41, 5.74) is 9.01. The SMILES string of the molecule is CCC(N)C(=O)Nc1c(C)c(-c2cnc(N(C)CCOC)nc2)nn1-c1ccccc1. The molecular weight excluding hydrogens is 394 g/mol. The average Bonchev–Trinajstić information content (AvgIpc) is 3.13. The van der Waals surface area contributed by atoms with Crippen molar-refractivity contribution < 1.29 is 9.53 Å². The molecule has 0 bridgehead atoms. The van der Waals surface area contributed by atoms with Gasteiger partial charge < -0.3 is 20.7 Å². The lowest BCUT2D eigenvalue weighted by Crippen LogP contribution is -2.35. The first-order chi connectivity index (χ1) is 15.0. The molecule has 0 saturated heterocycles. The van der Waals surface area contributed by atoms with Crippen LogP contribution in [0.2, 0.25) is 0 Å². The highest BCUT2D eigenvalue weighted by molar-refractivity contribution is 5.95. The Hall–Kier alpha value is -3.30. The first-order valence-electron chi connectivity index (χ1n) is 10.2. The normalized spacial score (nSPS) is 11.9. The molecule has 9 nitrogen and oxygen atoms in total. The third-order valence-electron chi connectivity index (χ3n) is 5.03. The number of hydrogen-bond donors (Lipinski definition) is 2. The second-order valence-corrected chi connectivity index (χ2v) is 7.26. The van der Waals surface area contributed by atoms with Crippen LogP contribution in [-0.2, 0) is 9.53 Å². The van der Waals surface area contributed by atoms with Gasteiger partial charge in [-0.2, -0.15) is 5.10 Å². The van der Waals surface area contributed by atoms with Gasteiger partial charge in [-0.05, 0) is 25.5 Å². The van der Waals surface area contributed by atoms with Gasteiger partial charge in [-0.15, -0.1) is 0 Å². The molecule has 3 N–H and O–H groups in total. The van der Waals surface area contributed by atoms with Gasteiger partial charge in [0.1, 0.15) is 11.5 Å². The number of hydrogen-bond acceptors (Lipinski definition) is 7. The van der Waals surface area contributed by atoms with Crippen molar-refractivity contribution >= 4 is 17.7 Å². The third-order valence-corrected chi connectivity index (χ3v) is 5.03. The van der Waals surface area contributed by atoms with Crippen molar-refractivity contribution in [3.05, 3.63) is 48.3 Å². The largest absolute Gasteiger partial charge is 0.383 e. The lowest BCUT2D eigenvalue weighted by Gasteiger charge is -2.16. The van der Waals surface area contributed by atoms with E-state index in [4.69, 9.17) is 15.6 Å². The summed E-state index contributed by atoms with van der Waals surface area (Å²) >= 11 is 0. The van der Waals surface area contributed by atoms with Crippen molar-refractivity contribution in [3.8, 4) is 16.9 Å². The summed E-state index contributed by atoms with van der Waals surface area (Å²) < 4.78 is 6.82. The number of nitrogens with one attached hydrogen (secondary N) is 1. The van der Waals surface area contributed by atoms with Gasteiger partial charge in [0.2, 0.25) is 11.9 Å². The maximum Gasteiger partial charge on any atom is 0.242 e. The van der Waals surface area contributed by atoms with E-state index in [0.717, 1.165) is 16.8 Å². The second-order valence-electron chi connectivity index (χ2n) is 7.26. The molecule has 0 aliphatic heterocycles. The minimum Gasteiger partial charge on any atom is -0.383 e. The Morgan fingerprint density at radius 2 is 1.94 bits per heavy atom. The van der Waals surface area contributed by atoms with Gasteiger partial charge in [0.25, 0.3) is 0 Å². The molecule has 9 heteroatoms. The molecule has 1 atom stereocenters. The van der Waals surface area contributed by atoms with Crippen LogP contribution in [0.4, 0.5) is 11.8 Å². The number of nitrogens with two attached hydrogens (primary N) is 1. The van der Waals surface area contributed by atoms with Crippen molar-refractivity contribution in [2.75, 3.05) is 37.5 Å². The molecule has 2 aromatic heterocycles. The Morgan fingerprint density at radius 3 is 2.55 bits per heavy atom. The van der Waals surface area contributed by atoms with Gasteiger partial charge in [-0.3, -0.25) is 4.79 Å². The number of para-hydroxylation sites is 1. The molecule has 2 heterocycles. The Balaban J connectivity index is 1.98. The summed E-state index contributed by atoms with van der Waals surface area (Å²) in [7, 11) is 3.57. The molecule has 1 amide bonds. The quantitative estimate of drug-likeness (QED) is 0.543. The molecule has 0 aliphatic carbocycles. The first-order valence-corrected chi connectivity index (χ1v) is 10.2. The zero-order chi connectivity index (χ0) is 22.4. The van der Waals surface area contributed by atoms with Gasteiger partial charge in [0.05, 0.1) is 18.3 Å². The smallest absolute Gasteiger partial charge is 0.242 e. The standard InChI is InChI=1S/C22H29N7O2/c1-5-18(23)21(30)26-20-15(2)19(27-29(20)17-9-7-6-8-10-17)16-13-24-22(25-14-16)28(3)11-12-31-4/h6-10,13-14,18H,5,11-12,23H2,1-4H3,(H,26,30). The minimum atomic E-state index is -0.591. The van der Waals surface area contributed by atoms with E-state index >= 15 is 0 Å². The lowest BCUT2D eigenvalue weighted by molar-refractivity contribution is -0.117. The van der Waals surface area contributed by atoms with Crippen LogP contribution in [0, 0.1) is 6.92 Å². The first kappa shape index (κ1) is 22.4. The molecule has 0 fully saturated rings. The molecule has 164 valence electrons. The van der Waals surface area contributed by atoms with Crippen molar-refractivity contribution in [2.45, 2.75) is 26.3 Å². The number of likely N-dealkylation sites (N-methyl/N-ethyl adjacent to an activating group) is 1. The number of anilines is 2. The van der Waals surface area contributed by atoms with E-state index in [0.29, 0.717) is 37.0 Å². The predicted octanol–water partition coefficient (Wildman–Crippen LogP) is 2.40. The van der Waals surface area contributed by atoms with Crippen molar-refractivity contribution in [3.63, 3.8) is 0 Å². The number of carbonyl (C=O) groups is 1. The van der Waals surface area contributed by atoms with Gasteiger partial charge in [-0.25, -0.2) is 14.6 Å². The third kappa shape index (κ3) is 5.07. The maximum absolute atomic E-state index is 12.5. The van der Waals surface area contributed by atoms with Crippen LogP contribution < -0.4 is 16.0 Å². The van der Waals surface area contributed by atoms with Crippen molar-refractivity contribution in [2.24, 2.45) is 5.73 Å². The monoisotopic (exact) mass is 423 g/mol. The number of rotatable bonds is 9. The van der Waals surface area contributed by atoms with Crippen LogP contribution in [0.25, 0.3) is 16.9 Å². The number of methoxy groups -OCH3 is 1. The van der Waals surface area contributed by atoms with Crippen LogP contribution >= 0.6 is 0 Å². The number of benzene rings is 1. The van der Waals surface area contributed by atoms with E-state index < -0.39 is 6.04 Å². The van der Waals surface area contributed by atoms with Crippen LogP contribution in [0.3, 0.4) is 0 Å². The Morgan fingerprint density at radius 1 is 1.26 bits per heavy atom. The highest BCUT2D eigenvalue weighted by Gasteiger charge is 2.21. The summed E-state index contributed by atoms with van der Waals surface area (Å²) in [4.78, 5) is 23.4. The molecule has 0 saturated carbocycles. The Kier molecular flexibility index (Phi) is 7.32. The summed E-state index contributed by atoms with van der Waals surface area (Å²) in [6, 6.07) is 9.03. The molecule has 0 aliphatic rings. The van der Waals surface area contributed by atoms with Crippen LogP contribution in [0.5, 0.6) is 0 Å². The van der Waals surface area contributed by atoms with Gasteiger partial charge in [0.15, 0.2) is 0 Å². The maximum atomic E-state index is 12.5. The Labute approximate surface area is 182 Å². The second kappa shape index (κ2) is 10.1. The summed E-state index contributed by atoms with van der Waals surface area (Å²) in [6.07, 6.45) is 4.02. The molecule has 1 unspecified atom stereocenters. The fraction of sp³-hybridized carbons (Fsp3) is 0.364. The number of carbonyl (C=O) groups excluding carboxylic acids is 1. The molecule has 31 heavy (non-hydrogen) atoms. The molecule has 3 aromatic rings. The molecule has 1 aromatic carbocycles. The van der Waals surface area contributed by atoms with E-state index in [-0.39, 0.29) is 5.91 Å². The number of nitrogens with zero attached hydrogens (tertiary/aromatic N) is 5. The highest BCUT2D eigenvalue weighted by Crippen LogP contribution is 2.30. The average molecular weight is 424 g/mol. The predicted molar refractivity (Wildman–Crippen MR) is 121 cm³/mol. The van der Waals surface area contributed by atoms with E-state index in [2.05, 4.69) is 15.3 Å². The number of ether oxygens (including phenoxy) is 1. The summed E-state index contributed by atoms with van der Waals surface area (Å²) in [6.45, 7) is 5.06. The van der Waals surface area contributed by atoms with Crippen LogP contribution in [0.15, 0.2) is 42.7 Å². The van der Waals surface area contributed by atoms with Crippen molar-refractivity contribution in [1.29, 1.82) is 0 Å². The molecule has 3 rings (SSSR count). The van der Waals surface area contributed by atoms with Crippen molar-refractivity contribution in [1.82, 2.24) is 19.7 Å². The van der Waals surface area contributed by atoms with E-state index in [1.165, 1.54) is 0 Å². The van der Waals surface area contributed by atoms with E-state index in [1.807, 2.05) is 56.1 Å². The summed E-state index contributed by atoms with van der Waals surface area (Å²) in [5, 5.41) is 7.70. The van der Waals surface area contributed by atoms with E-state index in [1.54, 1.807) is 24.2 Å². The van der Waals surface area contributed by atoms with E-state index in [9.17, 15) is 4.79 Å². The number of aromatic nitrogens is 4. The molecular formula is C22H29N7O2. The number of amides is 1. The zero-order valence-electron chi connectivity index (χ0n) is 18.4. The lowest BCUT2D eigenvalue weighted by atomic mass is 10.1. The molecule has 0 radical (unpaired) electrons. The summed E-state index contributed by atoms with van der Waals surface area (Å²) in [5.74, 6) is 0.931. The van der Waals surface area contributed by atoms with Crippen LogP contribution in [-0.4, -0.2) is 59.0 Å². The highest BCUT2D eigenvalue weighted by atomic mass is 16.5. The van der Waals surface area contributed by atoms with Gasteiger partial charge in [-0.1, -0.05) is 25.1 Å². The minimum absolute atomic E-state index is 0.249. The van der Waals surface area contributed by atoms with Gasteiger partial charge in [0, 0.05) is 44.2 Å². The van der Waals surface area contributed by atoms with Crippen LogP contribution in [0.1, 0.15) is 18.9 Å². The fourth-order valence-electron chi connectivity index (χ4n) is 3.04. The zero-order valence-corrected chi connectivity index (χ0v) is 18.4. The Bertz CT molecular complexity index is 1000.